The molecule has 0 spiro atoms. The molecule has 0 aliphatic heterocycles. The maximum absolute atomic E-state index is 5.80. The van der Waals surface area contributed by atoms with E-state index >= 15 is 0 Å². The summed E-state index contributed by atoms with van der Waals surface area (Å²) < 4.78 is 1.74. The summed E-state index contributed by atoms with van der Waals surface area (Å²) in [5.74, 6) is 0. The fourth-order valence-corrected chi connectivity index (χ4v) is 1.39. The number of aromatic nitrogens is 3. The zero-order valence-corrected chi connectivity index (χ0v) is 8.15. The monoisotopic (exact) mass is 208 g/mol. The highest BCUT2D eigenvalue weighted by Crippen LogP contribution is 2.10. The summed E-state index contributed by atoms with van der Waals surface area (Å²) in [5.41, 5.74) is 7.19. The first kappa shape index (κ1) is 9.02. The molecule has 2 rings (SSSR count). The fraction of sp³-hybridized carbons (Fsp3) is 0.111. The molecule has 0 aliphatic rings. The second kappa shape index (κ2) is 3.67. The van der Waals surface area contributed by atoms with Crippen molar-refractivity contribution in [1.29, 1.82) is 0 Å². The second-order valence-corrected chi connectivity index (χ2v) is 3.42. The van der Waals surface area contributed by atoms with Crippen LogP contribution >= 0.6 is 11.6 Å². The summed E-state index contributed by atoms with van der Waals surface area (Å²) in [5, 5.41) is 4.69. The lowest BCUT2D eigenvalue weighted by Crippen LogP contribution is -2.00. The summed E-state index contributed by atoms with van der Waals surface area (Å²) in [4.78, 5) is 3.98. The van der Waals surface area contributed by atoms with Gasteiger partial charge in [0.2, 0.25) is 0 Å². The third-order valence-electron chi connectivity index (χ3n) is 1.76. The van der Waals surface area contributed by atoms with Gasteiger partial charge in [-0.2, -0.15) is 5.10 Å². The van der Waals surface area contributed by atoms with Crippen LogP contribution in [0.15, 0.2) is 30.9 Å². The molecule has 0 radical (unpaired) electrons. The van der Waals surface area contributed by atoms with Crippen molar-refractivity contribution in [3.63, 3.8) is 0 Å². The minimum atomic E-state index is 0.627. The van der Waals surface area contributed by atoms with Crippen LogP contribution in [0, 0.1) is 0 Å². The molecule has 2 N–H and O–H groups in total. The highest BCUT2D eigenvalue weighted by atomic mass is 35.5. The maximum Gasteiger partial charge on any atom is 0.0719 e. The van der Waals surface area contributed by atoms with E-state index in [1.54, 1.807) is 29.5 Å². The van der Waals surface area contributed by atoms with Crippen molar-refractivity contribution in [1.82, 2.24) is 14.8 Å². The molecule has 0 unspecified atom stereocenters. The van der Waals surface area contributed by atoms with Gasteiger partial charge in [0, 0.05) is 18.6 Å². The molecule has 0 saturated heterocycles. The van der Waals surface area contributed by atoms with Crippen LogP contribution in [0.1, 0.15) is 5.56 Å². The van der Waals surface area contributed by atoms with E-state index < -0.39 is 0 Å². The Kier molecular flexibility index (Phi) is 2.37. The molecule has 72 valence electrons. The number of nitrogen functional groups attached to an aromatic ring is 1. The van der Waals surface area contributed by atoms with Crippen LogP contribution < -0.4 is 5.73 Å². The molecule has 2 aromatic heterocycles. The largest absolute Gasteiger partial charge is 0.396 e. The van der Waals surface area contributed by atoms with E-state index in [1.807, 2.05) is 6.07 Å². The average molecular weight is 209 g/mol. The highest BCUT2D eigenvalue weighted by Gasteiger charge is 1.98. The van der Waals surface area contributed by atoms with Crippen molar-refractivity contribution in [2.75, 3.05) is 5.73 Å². The Morgan fingerprint density at radius 1 is 1.36 bits per heavy atom. The minimum absolute atomic E-state index is 0.627. The third kappa shape index (κ3) is 2.03. The first-order valence-electron chi connectivity index (χ1n) is 4.11. The van der Waals surface area contributed by atoms with E-state index in [0.717, 1.165) is 5.56 Å². The first-order chi connectivity index (χ1) is 6.74. The Balaban J connectivity index is 2.18. The van der Waals surface area contributed by atoms with Gasteiger partial charge in [-0.1, -0.05) is 11.6 Å². The van der Waals surface area contributed by atoms with E-state index in [4.69, 9.17) is 17.3 Å². The van der Waals surface area contributed by atoms with Gasteiger partial charge in [0.05, 0.1) is 23.5 Å². The van der Waals surface area contributed by atoms with Crippen LogP contribution in [0.25, 0.3) is 0 Å². The number of hydrogen-bond donors (Lipinski definition) is 1. The minimum Gasteiger partial charge on any atom is -0.396 e. The zero-order chi connectivity index (χ0) is 9.97. The van der Waals surface area contributed by atoms with Crippen LogP contribution in [0.2, 0.25) is 5.02 Å². The quantitative estimate of drug-likeness (QED) is 0.815. The van der Waals surface area contributed by atoms with Gasteiger partial charge in [0.1, 0.15) is 0 Å². The van der Waals surface area contributed by atoms with Crippen LogP contribution in [0.4, 0.5) is 5.69 Å². The lowest BCUT2D eigenvalue weighted by Gasteiger charge is -2.00. The van der Waals surface area contributed by atoms with E-state index in [9.17, 15) is 0 Å². The molecule has 2 heterocycles. The van der Waals surface area contributed by atoms with Crippen molar-refractivity contribution in [3.8, 4) is 0 Å². The molecule has 0 aromatic carbocycles. The molecule has 0 fully saturated rings. The van der Waals surface area contributed by atoms with Crippen LogP contribution in [-0.4, -0.2) is 14.8 Å². The zero-order valence-electron chi connectivity index (χ0n) is 7.39. The Morgan fingerprint density at radius 2 is 2.21 bits per heavy atom. The number of rotatable bonds is 2. The Bertz CT molecular complexity index is 438. The first-order valence-corrected chi connectivity index (χ1v) is 4.49. The Morgan fingerprint density at radius 3 is 2.86 bits per heavy atom. The molecule has 2 aromatic rings. The normalized spacial score (nSPS) is 10.4. The van der Waals surface area contributed by atoms with Gasteiger partial charge in [-0.05, 0) is 11.6 Å². The predicted octanol–water partition coefficient (Wildman–Crippen LogP) is 1.56. The molecular formula is C9H9ClN4. The molecule has 14 heavy (non-hydrogen) atoms. The average Bonchev–Trinajstić information content (AvgIpc) is 2.51. The lowest BCUT2D eigenvalue weighted by molar-refractivity contribution is 0.685. The molecule has 0 atom stereocenters. The van der Waals surface area contributed by atoms with Crippen LogP contribution in [0.5, 0.6) is 0 Å². The van der Waals surface area contributed by atoms with Gasteiger partial charge in [-0.15, -0.1) is 0 Å². The number of pyridine rings is 1. The summed E-state index contributed by atoms with van der Waals surface area (Å²) in [6.07, 6.45) is 6.73. The molecule has 0 amide bonds. The molecule has 0 aliphatic carbocycles. The Labute approximate surface area is 86.3 Å². The summed E-state index contributed by atoms with van der Waals surface area (Å²) in [6, 6.07) is 1.85. The van der Waals surface area contributed by atoms with E-state index in [1.165, 1.54) is 0 Å². The van der Waals surface area contributed by atoms with Gasteiger partial charge in [0.25, 0.3) is 0 Å². The number of hydrogen-bond acceptors (Lipinski definition) is 3. The maximum atomic E-state index is 5.80. The number of nitrogens with zero attached hydrogens (tertiary/aromatic N) is 3. The second-order valence-electron chi connectivity index (χ2n) is 2.98. The fourth-order valence-electron chi connectivity index (χ4n) is 1.20. The van der Waals surface area contributed by atoms with Crippen molar-refractivity contribution < 1.29 is 0 Å². The van der Waals surface area contributed by atoms with Crippen LogP contribution in [0.3, 0.4) is 0 Å². The number of anilines is 1. The van der Waals surface area contributed by atoms with Crippen molar-refractivity contribution in [2.45, 2.75) is 6.54 Å². The van der Waals surface area contributed by atoms with Gasteiger partial charge in [0.15, 0.2) is 0 Å². The van der Waals surface area contributed by atoms with Crippen molar-refractivity contribution in [2.24, 2.45) is 0 Å². The standard InChI is InChI=1S/C9H9ClN4/c10-8-1-7(2-12-3-8)5-14-6-9(11)4-13-14/h1-4,6H,5,11H2. The highest BCUT2D eigenvalue weighted by molar-refractivity contribution is 6.30. The molecule has 0 saturated carbocycles. The topological polar surface area (TPSA) is 56.7 Å². The molecule has 0 bridgehead atoms. The van der Waals surface area contributed by atoms with Gasteiger partial charge < -0.3 is 5.73 Å². The summed E-state index contributed by atoms with van der Waals surface area (Å²) >= 11 is 5.80. The van der Waals surface area contributed by atoms with Gasteiger partial charge >= 0.3 is 0 Å². The third-order valence-corrected chi connectivity index (χ3v) is 1.97. The number of nitrogens with two attached hydrogens (primary N) is 1. The smallest absolute Gasteiger partial charge is 0.0719 e. The summed E-state index contributed by atoms with van der Waals surface area (Å²) in [6.45, 7) is 0.630. The predicted molar refractivity (Wildman–Crippen MR) is 55.0 cm³/mol. The molecule has 5 heteroatoms. The van der Waals surface area contributed by atoms with E-state index in [2.05, 4.69) is 10.1 Å². The Hall–Kier alpha value is -1.55. The molecular weight excluding hydrogens is 200 g/mol. The van der Waals surface area contributed by atoms with Gasteiger partial charge in [-0.25, -0.2) is 0 Å². The van der Waals surface area contributed by atoms with Crippen LogP contribution in [-0.2, 0) is 6.54 Å². The SMILES string of the molecule is Nc1cnn(Cc2cncc(Cl)c2)c1. The summed E-state index contributed by atoms with van der Waals surface area (Å²) in [7, 11) is 0. The van der Waals surface area contributed by atoms with Crippen molar-refractivity contribution >= 4 is 17.3 Å². The van der Waals surface area contributed by atoms with Gasteiger partial charge in [-0.3, -0.25) is 9.67 Å². The molecule has 4 nitrogen and oxygen atoms in total. The lowest BCUT2D eigenvalue weighted by atomic mass is 10.3. The van der Waals surface area contributed by atoms with E-state index in [0.29, 0.717) is 17.3 Å². The van der Waals surface area contributed by atoms with Crippen molar-refractivity contribution in [3.05, 3.63) is 41.4 Å². The van der Waals surface area contributed by atoms with E-state index in [-0.39, 0.29) is 0 Å². The number of halogens is 1.